The maximum Gasteiger partial charge on any atom is 0.142 e. The van der Waals surface area contributed by atoms with Crippen LogP contribution in [0.3, 0.4) is 0 Å². The molecule has 4 aromatic rings. The quantitative estimate of drug-likeness (QED) is 0.281. The average Bonchev–Trinajstić information content (AvgIpc) is 3.34. The summed E-state index contributed by atoms with van der Waals surface area (Å²) in [6.07, 6.45) is 6.39. The van der Waals surface area contributed by atoms with Gasteiger partial charge in [-0.1, -0.05) is 6.07 Å². The predicted molar refractivity (Wildman–Crippen MR) is 133 cm³/mol. The number of rotatable bonds is 9. The number of aryl methyl sites for hydroxylation is 1. The molecule has 3 heterocycles. The van der Waals surface area contributed by atoms with Gasteiger partial charge in [-0.2, -0.15) is 5.10 Å². The topological polar surface area (TPSA) is 52.1 Å². The van der Waals surface area contributed by atoms with Crippen molar-refractivity contribution >= 4 is 23.0 Å². The van der Waals surface area contributed by atoms with Crippen LogP contribution < -0.4 is 14.4 Å². The van der Waals surface area contributed by atoms with Crippen molar-refractivity contribution in [3.05, 3.63) is 60.1 Å². The second-order valence-electron chi connectivity index (χ2n) is 8.51. The maximum atomic E-state index is 5.76. The van der Waals surface area contributed by atoms with Gasteiger partial charge < -0.3 is 18.8 Å². The number of benzene rings is 1. The van der Waals surface area contributed by atoms with Crippen LogP contribution in [0.1, 0.15) is 24.2 Å². The Morgan fingerprint density at radius 3 is 2.48 bits per heavy atom. The second-order valence-corrected chi connectivity index (χ2v) is 9.31. The van der Waals surface area contributed by atoms with Gasteiger partial charge in [0, 0.05) is 6.54 Å². The Balaban J connectivity index is 1.69. The van der Waals surface area contributed by atoms with Gasteiger partial charge >= 0.3 is 0 Å². The monoisotopic (exact) mass is 463 g/mol. The van der Waals surface area contributed by atoms with Gasteiger partial charge in [-0.25, -0.2) is 4.52 Å². The SMILES string of the molecule is COc1cc(C)cc(OC)c1-c1cccc2c(N(Cc3ccco3)CC3CC3)c(SC)nn12. The molecule has 1 fully saturated rings. The minimum atomic E-state index is 0.722. The number of aromatic nitrogens is 2. The zero-order valence-electron chi connectivity index (χ0n) is 19.5. The molecule has 0 bridgehead atoms. The summed E-state index contributed by atoms with van der Waals surface area (Å²) in [6.45, 7) is 3.76. The Bertz CT molecular complexity index is 1240. The van der Waals surface area contributed by atoms with Crippen molar-refractivity contribution in [3.63, 3.8) is 0 Å². The van der Waals surface area contributed by atoms with E-state index in [1.807, 2.05) is 35.7 Å². The van der Waals surface area contributed by atoms with Crippen molar-refractivity contribution in [1.29, 1.82) is 0 Å². The summed E-state index contributed by atoms with van der Waals surface area (Å²) in [4.78, 5) is 2.43. The molecule has 0 unspecified atom stereocenters. The van der Waals surface area contributed by atoms with Crippen LogP contribution in [-0.2, 0) is 6.54 Å². The van der Waals surface area contributed by atoms with E-state index in [-0.39, 0.29) is 0 Å². The van der Waals surface area contributed by atoms with Gasteiger partial charge in [0.05, 0.1) is 49.5 Å². The van der Waals surface area contributed by atoms with E-state index < -0.39 is 0 Å². The van der Waals surface area contributed by atoms with E-state index in [1.54, 1.807) is 32.2 Å². The third kappa shape index (κ3) is 4.17. The highest BCUT2D eigenvalue weighted by atomic mass is 32.2. The summed E-state index contributed by atoms with van der Waals surface area (Å²) in [5, 5.41) is 6.05. The Morgan fingerprint density at radius 2 is 1.88 bits per heavy atom. The number of pyridine rings is 1. The van der Waals surface area contributed by atoms with Crippen LogP contribution >= 0.6 is 11.8 Å². The lowest BCUT2D eigenvalue weighted by atomic mass is 10.1. The van der Waals surface area contributed by atoms with Crippen LogP contribution in [0.25, 0.3) is 16.8 Å². The molecule has 1 aliphatic rings. The highest BCUT2D eigenvalue weighted by Gasteiger charge is 2.29. The molecule has 0 aliphatic heterocycles. The van der Waals surface area contributed by atoms with E-state index in [9.17, 15) is 0 Å². The van der Waals surface area contributed by atoms with E-state index in [4.69, 9.17) is 19.0 Å². The first-order valence-corrected chi connectivity index (χ1v) is 12.4. The predicted octanol–water partition coefficient (Wildman–Crippen LogP) is 6.06. The van der Waals surface area contributed by atoms with Gasteiger partial charge in [0.25, 0.3) is 0 Å². The summed E-state index contributed by atoms with van der Waals surface area (Å²) >= 11 is 1.67. The molecule has 3 aromatic heterocycles. The number of ether oxygens (including phenoxy) is 2. The molecule has 1 saturated carbocycles. The molecular formula is C26H29N3O3S. The molecule has 0 radical (unpaired) electrons. The fourth-order valence-corrected chi connectivity index (χ4v) is 4.98. The Morgan fingerprint density at radius 1 is 1.12 bits per heavy atom. The number of hydrogen-bond acceptors (Lipinski definition) is 6. The summed E-state index contributed by atoms with van der Waals surface area (Å²) in [6, 6.07) is 14.4. The van der Waals surface area contributed by atoms with Crippen molar-refractivity contribution in [2.45, 2.75) is 31.3 Å². The first-order valence-electron chi connectivity index (χ1n) is 11.2. The molecular weight excluding hydrogens is 434 g/mol. The number of methoxy groups -OCH3 is 2. The minimum absolute atomic E-state index is 0.722. The second kappa shape index (κ2) is 9.06. The zero-order chi connectivity index (χ0) is 22.9. The Kier molecular flexibility index (Phi) is 5.98. The first-order chi connectivity index (χ1) is 16.1. The van der Waals surface area contributed by atoms with E-state index >= 15 is 0 Å². The standard InChI is InChI=1S/C26H29N3O3S/c1-17-13-22(30-2)24(23(14-17)31-3)20-8-5-9-21-25(26(33-4)27-29(20)21)28(15-18-10-11-18)16-19-7-6-12-32-19/h5-9,12-14,18H,10-11,15-16H2,1-4H3. The van der Waals surface area contributed by atoms with Crippen LogP contribution in [0, 0.1) is 12.8 Å². The van der Waals surface area contributed by atoms with Crippen molar-refractivity contribution in [2.75, 3.05) is 31.9 Å². The lowest BCUT2D eigenvalue weighted by molar-refractivity contribution is 0.396. The summed E-state index contributed by atoms with van der Waals surface area (Å²) in [5.41, 5.74) is 5.14. The largest absolute Gasteiger partial charge is 0.496 e. The summed E-state index contributed by atoms with van der Waals surface area (Å²) < 4.78 is 19.3. The van der Waals surface area contributed by atoms with Crippen LogP contribution in [0.15, 0.2) is 58.2 Å². The van der Waals surface area contributed by atoms with Crippen LogP contribution in [0.2, 0.25) is 0 Å². The molecule has 5 rings (SSSR count). The van der Waals surface area contributed by atoms with E-state index in [0.717, 1.165) is 69.3 Å². The first kappa shape index (κ1) is 21.8. The smallest absolute Gasteiger partial charge is 0.142 e. The van der Waals surface area contributed by atoms with Crippen molar-refractivity contribution in [3.8, 4) is 22.8 Å². The van der Waals surface area contributed by atoms with Crippen molar-refractivity contribution in [1.82, 2.24) is 9.61 Å². The van der Waals surface area contributed by atoms with Crippen LogP contribution in [0.5, 0.6) is 11.5 Å². The van der Waals surface area contributed by atoms with Crippen LogP contribution in [-0.4, -0.2) is 36.6 Å². The molecule has 1 aromatic carbocycles. The Hall–Kier alpha value is -3.06. The van der Waals surface area contributed by atoms with Gasteiger partial charge in [0.2, 0.25) is 0 Å². The molecule has 0 spiro atoms. The third-order valence-corrected chi connectivity index (χ3v) is 6.78. The maximum absolute atomic E-state index is 5.76. The Labute approximate surface area is 198 Å². The highest BCUT2D eigenvalue weighted by molar-refractivity contribution is 7.98. The van der Waals surface area contributed by atoms with Crippen LogP contribution in [0.4, 0.5) is 5.69 Å². The normalized spacial score (nSPS) is 13.5. The number of furan rings is 1. The van der Waals surface area contributed by atoms with Crippen molar-refractivity contribution < 1.29 is 13.9 Å². The average molecular weight is 464 g/mol. The van der Waals surface area contributed by atoms with Gasteiger partial charge in [0.15, 0.2) is 0 Å². The molecule has 6 nitrogen and oxygen atoms in total. The van der Waals surface area contributed by atoms with Gasteiger partial charge in [-0.3, -0.25) is 0 Å². The molecule has 7 heteroatoms. The highest BCUT2D eigenvalue weighted by Crippen LogP contribution is 2.43. The van der Waals surface area contributed by atoms with Gasteiger partial charge in [-0.15, -0.1) is 11.8 Å². The number of fused-ring (bicyclic) bond motifs is 1. The van der Waals surface area contributed by atoms with Gasteiger partial charge in [-0.05, 0) is 73.9 Å². The summed E-state index contributed by atoms with van der Waals surface area (Å²) in [7, 11) is 3.39. The molecule has 172 valence electrons. The zero-order valence-corrected chi connectivity index (χ0v) is 20.3. The molecule has 0 N–H and O–H groups in total. The lowest BCUT2D eigenvalue weighted by Gasteiger charge is -2.24. The molecule has 0 saturated heterocycles. The van der Waals surface area contributed by atoms with E-state index in [1.165, 1.54) is 12.8 Å². The molecule has 0 atom stereocenters. The fraction of sp³-hybridized carbons (Fsp3) is 0.346. The lowest BCUT2D eigenvalue weighted by Crippen LogP contribution is -2.25. The van der Waals surface area contributed by atoms with Gasteiger partial charge in [0.1, 0.15) is 22.3 Å². The minimum Gasteiger partial charge on any atom is -0.496 e. The molecule has 0 amide bonds. The fourth-order valence-electron chi connectivity index (χ4n) is 4.39. The number of hydrogen-bond donors (Lipinski definition) is 0. The number of thioether (sulfide) groups is 1. The number of nitrogens with zero attached hydrogens (tertiary/aromatic N) is 3. The third-order valence-electron chi connectivity index (χ3n) is 6.12. The molecule has 1 aliphatic carbocycles. The van der Waals surface area contributed by atoms with E-state index in [2.05, 4.69) is 29.4 Å². The molecule has 33 heavy (non-hydrogen) atoms. The summed E-state index contributed by atoms with van der Waals surface area (Å²) in [5.74, 6) is 3.23. The van der Waals surface area contributed by atoms with E-state index in [0.29, 0.717) is 0 Å². The van der Waals surface area contributed by atoms with Crippen molar-refractivity contribution in [2.24, 2.45) is 5.92 Å². The number of anilines is 1.